The van der Waals surface area contributed by atoms with Gasteiger partial charge in [0.15, 0.2) is 22.3 Å². The minimum atomic E-state index is -0.984. The molecule has 220 valence electrons. The van der Waals surface area contributed by atoms with E-state index >= 15 is 0 Å². The van der Waals surface area contributed by atoms with Crippen LogP contribution in [0, 0.1) is 11.8 Å². The van der Waals surface area contributed by atoms with Gasteiger partial charge in [0.05, 0.1) is 28.6 Å². The minimum absolute atomic E-state index is 0.216. The van der Waals surface area contributed by atoms with E-state index in [0.29, 0.717) is 49.9 Å². The molecule has 0 saturated carbocycles. The Morgan fingerprint density at radius 3 is 2.75 bits per heavy atom. The molecule has 0 radical (unpaired) electrons. The number of hydrogen-bond donors (Lipinski definition) is 2. The number of H-pyrrole nitrogens is 1. The lowest BCUT2D eigenvalue weighted by Crippen LogP contribution is -2.15. The summed E-state index contributed by atoms with van der Waals surface area (Å²) in [5.41, 5.74) is 4.78. The summed E-state index contributed by atoms with van der Waals surface area (Å²) in [6.07, 6.45) is 1.82. The molecule has 3 aromatic heterocycles. The number of fused-ring (bicyclic) bond motifs is 3. The van der Waals surface area contributed by atoms with E-state index in [9.17, 15) is 9.90 Å². The molecule has 44 heavy (non-hydrogen) atoms. The van der Waals surface area contributed by atoms with Gasteiger partial charge < -0.3 is 23.9 Å². The van der Waals surface area contributed by atoms with Crippen molar-refractivity contribution in [2.24, 2.45) is 0 Å². The van der Waals surface area contributed by atoms with Crippen LogP contribution in [0.4, 0.5) is 0 Å². The second-order valence-electron chi connectivity index (χ2n) is 10.2. The average Bonchev–Trinajstić information content (AvgIpc) is 3.78. The lowest BCUT2D eigenvalue weighted by molar-refractivity contribution is 0.0697. The van der Waals surface area contributed by atoms with Gasteiger partial charge in [-0.2, -0.15) is 5.21 Å². The summed E-state index contributed by atoms with van der Waals surface area (Å²) in [6.45, 7) is 1.57. The zero-order valence-corrected chi connectivity index (χ0v) is 24.5. The van der Waals surface area contributed by atoms with Gasteiger partial charge in [0.2, 0.25) is 0 Å². The Morgan fingerprint density at radius 1 is 1.05 bits per heavy atom. The van der Waals surface area contributed by atoms with Crippen molar-refractivity contribution < 1.29 is 24.1 Å². The molecule has 2 N–H and O–H groups in total. The van der Waals surface area contributed by atoms with Gasteiger partial charge in [-0.3, -0.25) is 0 Å². The lowest BCUT2D eigenvalue weighted by atomic mass is 10.00. The van der Waals surface area contributed by atoms with E-state index in [-0.39, 0.29) is 5.56 Å². The topological polar surface area (TPSA) is 137 Å². The van der Waals surface area contributed by atoms with Crippen LogP contribution in [0.2, 0.25) is 0 Å². The largest absolute Gasteiger partial charge is 0.497 e. The number of tetrazole rings is 1. The maximum atomic E-state index is 12.0. The number of carbonyl (C=O) groups is 1. The number of nitrogens with one attached hydrogen (secondary N) is 1. The van der Waals surface area contributed by atoms with E-state index in [0.717, 1.165) is 55.2 Å². The van der Waals surface area contributed by atoms with E-state index in [4.69, 9.17) is 19.2 Å². The van der Waals surface area contributed by atoms with Crippen LogP contribution in [-0.2, 0) is 25.8 Å². The summed E-state index contributed by atoms with van der Waals surface area (Å²) in [5.74, 6) is 8.53. The first-order valence-electron chi connectivity index (χ1n) is 14.0. The third-order valence-electron chi connectivity index (χ3n) is 7.52. The molecule has 0 saturated heterocycles. The quantitative estimate of drug-likeness (QED) is 0.237. The normalized spacial score (nSPS) is 12.3. The molecule has 0 atom stereocenters. The number of carboxylic acid groups (broad SMARTS) is 1. The summed E-state index contributed by atoms with van der Waals surface area (Å²) in [5, 5.41) is 25.7. The molecule has 3 aromatic carbocycles. The Bertz CT molecular complexity index is 2070. The summed E-state index contributed by atoms with van der Waals surface area (Å²) < 4.78 is 20.0. The molecular weight excluding hydrogens is 580 g/mol. The van der Waals surface area contributed by atoms with Crippen molar-refractivity contribution in [2.45, 2.75) is 25.8 Å². The zero-order chi connectivity index (χ0) is 30.0. The van der Waals surface area contributed by atoms with Crippen LogP contribution < -0.4 is 14.2 Å². The second kappa shape index (κ2) is 11.7. The number of aromatic carboxylic acids is 1. The summed E-state index contributed by atoms with van der Waals surface area (Å²) in [6, 6.07) is 16.9. The van der Waals surface area contributed by atoms with E-state index in [1.807, 2.05) is 42.5 Å². The van der Waals surface area contributed by atoms with E-state index in [2.05, 4.69) is 37.0 Å². The molecule has 0 aliphatic carbocycles. The molecule has 1 aliphatic heterocycles. The van der Waals surface area contributed by atoms with Crippen molar-refractivity contribution in [3.8, 4) is 29.1 Å². The lowest BCUT2D eigenvalue weighted by Gasteiger charge is -2.18. The van der Waals surface area contributed by atoms with Crippen LogP contribution in [0.1, 0.15) is 38.0 Å². The van der Waals surface area contributed by atoms with Crippen LogP contribution in [0.3, 0.4) is 0 Å². The predicted octanol–water partition coefficient (Wildman–Crippen LogP) is 4.67. The number of aryl methyl sites for hydroxylation is 4. The Hall–Kier alpha value is -5.41. The Labute approximate surface area is 255 Å². The summed E-state index contributed by atoms with van der Waals surface area (Å²) in [4.78, 5) is 16.7. The maximum Gasteiger partial charge on any atom is 0.335 e. The third-order valence-corrected chi connectivity index (χ3v) is 8.45. The molecule has 0 fully saturated rings. The number of hydrogen-bond acceptors (Lipinski definition) is 9. The van der Waals surface area contributed by atoms with Crippen molar-refractivity contribution in [1.29, 1.82) is 0 Å². The molecule has 4 heterocycles. The molecule has 0 spiro atoms. The van der Waals surface area contributed by atoms with Crippen molar-refractivity contribution in [3.63, 3.8) is 0 Å². The van der Waals surface area contributed by atoms with Crippen LogP contribution in [0.25, 0.3) is 21.1 Å². The molecule has 0 unspecified atom stereocenters. The summed E-state index contributed by atoms with van der Waals surface area (Å²) >= 11 is 1.50. The highest BCUT2D eigenvalue weighted by molar-refractivity contribution is 7.19. The van der Waals surface area contributed by atoms with Gasteiger partial charge in [0.1, 0.15) is 19.0 Å². The monoisotopic (exact) mass is 606 g/mol. The second-order valence-corrected chi connectivity index (χ2v) is 11.2. The molecule has 12 heteroatoms. The first-order chi connectivity index (χ1) is 21.6. The third kappa shape index (κ3) is 5.41. The van der Waals surface area contributed by atoms with Gasteiger partial charge in [-0.15, -0.1) is 21.5 Å². The van der Waals surface area contributed by atoms with Crippen molar-refractivity contribution in [3.05, 3.63) is 87.8 Å². The number of ether oxygens (including phenoxy) is 3. The molecule has 1 aliphatic rings. The average molecular weight is 607 g/mol. The van der Waals surface area contributed by atoms with Gasteiger partial charge in [-0.05, 0) is 84.3 Å². The molecule has 7 rings (SSSR count). The number of thiazole rings is 1. The first-order valence-corrected chi connectivity index (χ1v) is 14.8. The van der Waals surface area contributed by atoms with Crippen LogP contribution in [0.15, 0.2) is 54.6 Å². The molecule has 0 amide bonds. The standard InChI is InChI=1S/C32H26N6O5S/c1-41-21-5-7-24-29(18-21)44-31(33-24)11-9-25-22(6-2-19-3-10-27-28(16-19)43-15-14-42-27)23-17-20(32(39)40)4-8-26(23)38(25)13-12-30-34-36-37-35-30/h3-5,7-8,10,16-18H,2,6,12-15H2,1H3,(H,39,40)(H,34,35,36,37). The summed E-state index contributed by atoms with van der Waals surface area (Å²) in [7, 11) is 1.64. The van der Waals surface area contributed by atoms with Gasteiger partial charge in [0, 0.05) is 23.9 Å². The minimum Gasteiger partial charge on any atom is -0.497 e. The number of nitrogens with zero attached hydrogens (tertiary/aromatic N) is 5. The Balaban J connectivity index is 1.33. The smallest absolute Gasteiger partial charge is 0.335 e. The number of aromatic nitrogens is 6. The zero-order valence-electron chi connectivity index (χ0n) is 23.7. The molecule has 11 nitrogen and oxygen atoms in total. The molecular formula is C32H26N6O5S. The van der Waals surface area contributed by atoms with Crippen LogP contribution >= 0.6 is 11.3 Å². The van der Waals surface area contributed by atoms with Gasteiger partial charge >= 0.3 is 5.97 Å². The fourth-order valence-corrected chi connectivity index (χ4v) is 6.24. The number of rotatable bonds is 8. The highest BCUT2D eigenvalue weighted by atomic mass is 32.1. The Kier molecular flexibility index (Phi) is 7.29. The van der Waals surface area contributed by atoms with E-state index in [1.165, 1.54) is 11.3 Å². The maximum absolute atomic E-state index is 12.0. The van der Waals surface area contributed by atoms with Gasteiger partial charge in [-0.1, -0.05) is 11.3 Å². The van der Waals surface area contributed by atoms with Gasteiger partial charge in [0.25, 0.3) is 0 Å². The highest BCUT2D eigenvalue weighted by Gasteiger charge is 2.20. The van der Waals surface area contributed by atoms with Crippen molar-refractivity contribution in [1.82, 2.24) is 30.2 Å². The Morgan fingerprint density at radius 2 is 1.93 bits per heavy atom. The fraction of sp³-hybridized carbons (Fsp3) is 0.219. The van der Waals surface area contributed by atoms with E-state index in [1.54, 1.807) is 19.2 Å². The number of carboxylic acids is 1. The number of aromatic amines is 1. The van der Waals surface area contributed by atoms with Crippen molar-refractivity contribution >= 4 is 38.4 Å². The van der Waals surface area contributed by atoms with E-state index < -0.39 is 5.97 Å². The SMILES string of the molecule is COc1ccc2nc(C#Cc3c(CCc4ccc5c(c4)OCCO5)c4cc(C(=O)O)ccc4n3CCc3nn[nH]n3)sc2c1. The van der Waals surface area contributed by atoms with Crippen LogP contribution in [-0.4, -0.2) is 61.6 Å². The molecule has 6 aromatic rings. The fourth-order valence-electron chi connectivity index (χ4n) is 5.40. The van der Waals surface area contributed by atoms with Crippen LogP contribution in [0.5, 0.6) is 17.2 Å². The predicted molar refractivity (Wildman–Crippen MR) is 164 cm³/mol. The van der Waals surface area contributed by atoms with Crippen molar-refractivity contribution in [2.75, 3.05) is 20.3 Å². The van der Waals surface area contributed by atoms with Gasteiger partial charge in [-0.25, -0.2) is 9.78 Å². The molecule has 0 bridgehead atoms. The highest BCUT2D eigenvalue weighted by Crippen LogP contribution is 2.33. The first kappa shape index (κ1) is 27.4. The number of benzene rings is 3. The number of methoxy groups -OCH3 is 1.